The second-order valence-corrected chi connectivity index (χ2v) is 3.48. The molecule has 0 bridgehead atoms. The summed E-state index contributed by atoms with van der Waals surface area (Å²) in [5.74, 6) is -2.77. The predicted octanol–water partition coefficient (Wildman–Crippen LogP) is 1.86. The van der Waals surface area contributed by atoms with Gasteiger partial charge in [0.25, 0.3) is 5.69 Å². The number of rotatable bonds is 5. The standard InChI is InChI=1S/C10H12F2N2O3/c1-6(5-13-2)17-10-8(11)3-7(14(15)16)4-9(10)12/h3-4,6,13H,5H2,1-2H3. The third-order valence-corrected chi connectivity index (χ3v) is 2.00. The van der Waals surface area contributed by atoms with Gasteiger partial charge in [0.05, 0.1) is 17.1 Å². The van der Waals surface area contributed by atoms with Crippen molar-refractivity contribution in [1.82, 2.24) is 5.32 Å². The summed E-state index contributed by atoms with van der Waals surface area (Å²) in [5, 5.41) is 13.1. The SMILES string of the molecule is CNCC(C)Oc1c(F)cc([N+](=O)[O-])cc1F. The van der Waals surface area contributed by atoms with Gasteiger partial charge in [0, 0.05) is 6.54 Å². The third-order valence-electron chi connectivity index (χ3n) is 2.00. The Labute approximate surface area is 96.5 Å². The largest absolute Gasteiger partial charge is 0.483 e. The van der Waals surface area contributed by atoms with Crippen LogP contribution in [0.5, 0.6) is 5.75 Å². The molecule has 94 valence electrons. The highest BCUT2D eigenvalue weighted by atomic mass is 19.1. The van der Waals surface area contributed by atoms with E-state index in [9.17, 15) is 18.9 Å². The average Bonchev–Trinajstić information content (AvgIpc) is 2.23. The number of ether oxygens (including phenoxy) is 1. The number of hydrogen-bond donors (Lipinski definition) is 1. The normalized spacial score (nSPS) is 12.2. The summed E-state index contributed by atoms with van der Waals surface area (Å²) in [4.78, 5) is 9.49. The maximum Gasteiger partial charge on any atom is 0.275 e. The number of nitrogens with zero attached hydrogens (tertiary/aromatic N) is 1. The minimum absolute atomic E-state index is 0.399. The molecule has 1 N–H and O–H groups in total. The van der Waals surface area contributed by atoms with E-state index >= 15 is 0 Å². The highest BCUT2D eigenvalue weighted by molar-refractivity contribution is 5.39. The Balaban J connectivity index is 2.97. The van der Waals surface area contributed by atoms with Crippen molar-refractivity contribution < 1.29 is 18.4 Å². The molecule has 0 fully saturated rings. The fourth-order valence-electron chi connectivity index (χ4n) is 1.29. The van der Waals surface area contributed by atoms with Crippen LogP contribution in [-0.2, 0) is 0 Å². The molecule has 1 rings (SSSR count). The van der Waals surface area contributed by atoms with Crippen LogP contribution in [0.4, 0.5) is 14.5 Å². The third kappa shape index (κ3) is 3.35. The van der Waals surface area contributed by atoms with E-state index in [0.29, 0.717) is 18.7 Å². The lowest BCUT2D eigenvalue weighted by atomic mass is 10.2. The molecule has 0 heterocycles. The van der Waals surface area contributed by atoms with Crippen molar-refractivity contribution in [2.75, 3.05) is 13.6 Å². The summed E-state index contributed by atoms with van der Waals surface area (Å²) in [7, 11) is 1.67. The van der Waals surface area contributed by atoms with Gasteiger partial charge in [-0.05, 0) is 14.0 Å². The van der Waals surface area contributed by atoms with Crippen LogP contribution in [0.15, 0.2) is 12.1 Å². The van der Waals surface area contributed by atoms with Crippen LogP contribution in [0.3, 0.4) is 0 Å². The zero-order chi connectivity index (χ0) is 13.0. The molecule has 0 saturated heterocycles. The Morgan fingerprint density at radius 1 is 1.47 bits per heavy atom. The van der Waals surface area contributed by atoms with E-state index in [-0.39, 0.29) is 0 Å². The Morgan fingerprint density at radius 2 is 2.00 bits per heavy atom. The van der Waals surface area contributed by atoms with Crippen molar-refractivity contribution in [2.24, 2.45) is 0 Å². The van der Waals surface area contributed by atoms with Gasteiger partial charge in [-0.15, -0.1) is 0 Å². The molecule has 0 aromatic heterocycles. The van der Waals surface area contributed by atoms with E-state index in [4.69, 9.17) is 4.74 Å². The molecule has 5 nitrogen and oxygen atoms in total. The van der Waals surface area contributed by atoms with Gasteiger partial charge in [0.2, 0.25) is 0 Å². The molecule has 1 unspecified atom stereocenters. The zero-order valence-electron chi connectivity index (χ0n) is 9.37. The number of nitro benzene ring substituents is 1. The van der Waals surface area contributed by atoms with E-state index < -0.39 is 34.1 Å². The summed E-state index contributed by atoms with van der Waals surface area (Å²) in [6.45, 7) is 2.02. The molecule has 0 aliphatic heterocycles. The first-order valence-corrected chi connectivity index (χ1v) is 4.90. The Hall–Kier alpha value is -1.76. The smallest absolute Gasteiger partial charge is 0.275 e. The molecule has 1 atom stereocenters. The quantitative estimate of drug-likeness (QED) is 0.636. The number of benzene rings is 1. The summed E-state index contributed by atoms with van der Waals surface area (Å²) in [5.41, 5.74) is -0.645. The van der Waals surface area contributed by atoms with Crippen LogP contribution in [0.1, 0.15) is 6.92 Å². The Kier molecular flexibility index (Phi) is 4.33. The van der Waals surface area contributed by atoms with E-state index in [1.54, 1.807) is 14.0 Å². The van der Waals surface area contributed by atoms with Crippen molar-refractivity contribution in [2.45, 2.75) is 13.0 Å². The van der Waals surface area contributed by atoms with Crippen molar-refractivity contribution in [3.05, 3.63) is 33.9 Å². The molecule has 0 amide bonds. The second-order valence-electron chi connectivity index (χ2n) is 3.48. The van der Waals surface area contributed by atoms with E-state index in [2.05, 4.69) is 5.32 Å². The van der Waals surface area contributed by atoms with Crippen molar-refractivity contribution in [1.29, 1.82) is 0 Å². The first-order chi connectivity index (χ1) is 7.95. The van der Waals surface area contributed by atoms with Crippen LogP contribution >= 0.6 is 0 Å². The van der Waals surface area contributed by atoms with Gasteiger partial charge in [-0.1, -0.05) is 0 Å². The van der Waals surface area contributed by atoms with Gasteiger partial charge in [-0.2, -0.15) is 0 Å². The topological polar surface area (TPSA) is 64.4 Å². The second kappa shape index (κ2) is 5.53. The van der Waals surface area contributed by atoms with Gasteiger partial charge in [-0.3, -0.25) is 10.1 Å². The summed E-state index contributed by atoms with van der Waals surface area (Å²) >= 11 is 0. The van der Waals surface area contributed by atoms with Crippen LogP contribution in [0.2, 0.25) is 0 Å². The fourth-order valence-corrected chi connectivity index (χ4v) is 1.29. The van der Waals surface area contributed by atoms with Crippen LogP contribution in [0, 0.1) is 21.7 Å². The highest BCUT2D eigenvalue weighted by Crippen LogP contribution is 2.27. The van der Waals surface area contributed by atoms with E-state index in [1.807, 2.05) is 0 Å². The van der Waals surface area contributed by atoms with E-state index in [1.165, 1.54) is 0 Å². The number of non-ortho nitro benzene ring substituents is 1. The highest BCUT2D eigenvalue weighted by Gasteiger charge is 2.19. The number of nitro groups is 1. The van der Waals surface area contributed by atoms with Crippen molar-refractivity contribution in [3.63, 3.8) is 0 Å². The lowest BCUT2D eigenvalue weighted by Gasteiger charge is -2.15. The first-order valence-electron chi connectivity index (χ1n) is 4.90. The zero-order valence-corrected chi connectivity index (χ0v) is 9.37. The molecule has 1 aromatic rings. The van der Waals surface area contributed by atoms with E-state index in [0.717, 1.165) is 0 Å². The lowest BCUT2D eigenvalue weighted by molar-refractivity contribution is -0.385. The summed E-state index contributed by atoms with van der Waals surface area (Å²) in [6, 6.07) is 1.26. The van der Waals surface area contributed by atoms with Crippen molar-refractivity contribution in [3.8, 4) is 5.75 Å². The molecular weight excluding hydrogens is 234 g/mol. The average molecular weight is 246 g/mol. The van der Waals surface area contributed by atoms with Crippen LogP contribution in [-0.4, -0.2) is 24.6 Å². The van der Waals surface area contributed by atoms with Crippen LogP contribution < -0.4 is 10.1 Å². The number of hydrogen-bond acceptors (Lipinski definition) is 4. The lowest BCUT2D eigenvalue weighted by Crippen LogP contribution is -2.26. The molecule has 7 heteroatoms. The monoisotopic (exact) mass is 246 g/mol. The molecule has 1 aromatic carbocycles. The van der Waals surface area contributed by atoms with Crippen LogP contribution in [0.25, 0.3) is 0 Å². The van der Waals surface area contributed by atoms with Gasteiger partial charge in [-0.25, -0.2) is 8.78 Å². The van der Waals surface area contributed by atoms with Gasteiger partial charge in [0.1, 0.15) is 6.10 Å². The summed E-state index contributed by atoms with van der Waals surface area (Å²) in [6.07, 6.45) is -0.453. The molecule has 0 aliphatic rings. The maximum atomic E-state index is 13.4. The molecule has 0 saturated carbocycles. The minimum atomic E-state index is -1.08. The fraction of sp³-hybridized carbons (Fsp3) is 0.400. The predicted molar refractivity (Wildman–Crippen MR) is 57.0 cm³/mol. The number of likely N-dealkylation sites (N-methyl/N-ethyl adjacent to an activating group) is 1. The Bertz CT molecular complexity index is 403. The van der Waals surface area contributed by atoms with Gasteiger partial charge in [0.15, 0.2) is 17.4 Å². The summed E-state index contributed by atoms with van der Waals surface area (Å²) < 4.78 is 31.8. The number of halogens is 2. The minimum Gasteiger partial charge on any atom is -0.483 e. The molecule has 0 spiro atoms. The number of nitrogens with one attached hydrogen (secondary N) is 1. The Morgan fingerprint density at radius 3 is 2.41 bits per heavy atom. The maximum absolute atomic E-state index is 13.4. The van der Waals surface area contributed by atoms with Gasteiger partial charge < -0.3 is 10.1 Å². The van der Waals surface area contributed by atoms with Gasteiger partial charge >= 0.3 is 0 Å². The molecule has 0 radical (unpaired) electrons. The molecule has 17 heavy (non-hydrogen) atoms. The van der Waals surface area contributed by atoms with Crippen molar-refractivity contribution >= 4 is 5.69 Å². The molecular formula is C10H12F2N2O3. The molecule has 0 aliphatic carbocycles. The first kappa shape index (κ1) is 13.3.